The van der Waals surface area contributed by atoms with Crippen LogP contribution < -0.4 is 10.6 Å². The third kappa shape index (κ3) is 4.58. The molecular weight excluding hydrogens is 361 g/mol. The molecule has 2 aliphatic carbocycles. The van der Waals surface area contributed by atoms with Crippen molar-refractivity contribution in [2.24, 2.45) is 5.41 Å². The van der Waals surface area contributed by atoms with Crippen molar-refractivity contribution in [2.45, 2.75) is 50.4 Å². The van der Waals surface area contributed by atoms with Crippen molar-refractivity contribution >= 4 is 0 Å². The minimum Gasteiger partial charge on any atom is -0.313 e. The van der Waals surface area contributed by atoms with Crippen LogP contribution in [0.15, 0.2) is 54.6 Å². The van der Waals surface area contributed by atoms with E-state index in [9.17, 15) is 13.2 Å². The van der Waals surface area contributed by atoms with Crippen LogP contribution in [-0.2, 0) is 12.7 Å². The monoisotopic (exact) mass is 388 g/mol. The Balaban J connectivity index is 1.22. The summed E-state index contributed by atoms with van der Waals surface area (Å²) in [7, 11) is 0. The van der Waals surface area contributed by atoms with Crippen LogP contribution in [-0.4, -0.2) is 19.1 Å². The summed E-state index contributed by atoms with van der Waals surface area (Å²) >= 11 is 0. The SMILES string of the molecule is FC(F)(F)c1ccc(CNCC2(CN[C@H]3C[C@@H]3c3ccccc3)CCC2)cc1. The summed E-state index contributed by atoms with van der Waals surface area (Å²) in [6.07, 6.45) is 0.620. The predicted octanol–water partition coefficient (Wildman–Crippen LogP) is 5.11. The predicted molar refractivity (Wildman–Crippen MR) is 105 cm³/mol. The molecule has 0 amide bonds. The van der Waals surface area contributed by atoms with E-state index in [2.05, 4.69) is 41.0 Å². The molecule has 2 nitrogen and oxygen atoms in total. The Labute approximate surface area is 164 Å². The van der Waals surface area contributed by atoms with E-state index < -0.39 is 11.7 Å². The molecular formula is C23H27F3N2. The van der Waals surface area contributed by atoms with Crippen LogP contribution in [0.25, 0.3) is 0 Å². The molecule has 2 aromatic rings. The number of nitrogens with one attached hydrogen (secondary N) is 2. The largest absolute Gasteiger partial charge is 0.416 e. The van der Waals surface area contributed by atoms with Crippen molar-refractivity contribution < 1.29 is 13.2 Å². The molecule has 5 heteroatoms. The van der Waals surface area contributed by atoms with Gasteiger partial charge in [-0.05, 0) is 47.9 Å². The van der Waals surface area contributed by atoms with Crippen LogP contribution in [0, 0.1) is 5.41 Å². The van der Waals surface area contributed by atoms with Gasteiger partial charge in [-0.1, -0.05) is 48.9 Å². The molecule has 0 aliphatic heterocycles. The highest BCUT2D eigenvalue weighted by atomic mass is 19.4. The van der Waals surface area contributed by atoms with Crippen LogP contribution in [0.5, 0.6) is 0 Å². The fourth-order valence-electron chi connectivity index (χ4n) is 4.21. The average Bonchev–Trinajstić information content (AvgIpc) is 3.43. The molecule has 2 N–H and O–H groups in total. The second-order valence-corrected chi connectivity index (χ2v) is 8.39. The Morgan fingerprint density at radius 2 is 1.64 bits per heavy atom. The first-order valence-electron chi connectivity index (χ1n) is 10.1. The summed E-state index contributed by atoms with van der Waals surface area (Å²) in [5, 5.41) is 7.22. The molecule has 2 aliphatic rings. The highest BCUT2D eigenvalue weighted by Crippen LogP contribution is 2.44. The van der Waals surface area contributed by atoms with Crippen molar-refractivity contribution in [3.05, 3.63) is 71.3 Å². The molecule has 28 heavy (non-hydrogen) atoms. The maximum Gasteiger partial charge on any atom is 0.416 e. The van der Waals surface area contributed by atoms with Gasteiger partial charge < -0.3 is 10.6 Å². The van der Waals surface area contributed by atoms with Gasteiger partial charge in [0.25, 0.3) is 0 Å². The van der Waals surface area contributed by atoms with E-state index >= 15 is 0 Å². The molecule has 0 bridgehead atoms. The van der Waals surface area contributed by atoms with Crippen LogP contribution >= 0.6 is 0 Å². The summed E-state index contributed by atoms with van der Waals surface area (Å²) in [5.74, 6) is 0.637. The van der Waals surface area contributed by atoms with Gasteiger partial charge in [-0.15, -0.1) is 0 Å². The topological polar surface area (TPSA) is 24.1 Å². The molecule has 2 fully saturated rings. The van der Waals surface area contributed by atoms with Crippen LogP contribution in [0.1, 0.15) is 48.3 Å². The van der Waals surface area contributed by atoms with Gasteiger partial charge in [0.2, 0.25) is 0 Å². The van der Waals surface area contributed by atoms with Crippen molar-refractivity contribution in [1.29, 1.82) is 0 Å². The average molecular weight is 388 g/mol. The summed E-state index contributed by atoms with van der Waals surface area (Å²) < 4.78 is 37.9. The van der Waals surface area contributed by atoms with Crippen molar-refractivity contribution in [2.75, 3.05) is 13.1 Å². The van der Waals surface area contributed by atoms with E-state index in [0.29, 0.717) is 18.5 Å². The number of rotatable bonds is 8. The van der Waals surface area contributed by atoms with E-state index in [1.54, 1.807) is 12.1 Å². The minimum absolute atomic E-state index is 0.287. The lowest BCUT2D eigenvalue weighted by Gasteiger charge is -2.42. The molecule has 150 valence electrons. The Hall–Kier alpha value is -1.85. The first-order chi connectivity index (χ1) is 13.5. The van der Waals surface area contributed by atoms with Gasteiger partial charge in [-0.25, -0.2) is 0 Å². The van der Waals surface area contributed by atoms with Gasteiger partial charge in [-0.2, -0.15) is 13.2 Å². The molecule has 0 heterocycles. The first kappa shape index (κ1) is 19.5. The maximum absolute atomic E-state index is 12.6. The highest BCUT2D eigenvalue weighted by Gasteiger charge is 2.42. The van der Waals surface area contributed by atoms with E-state index in [-0.39, 0.29) is 5.41 Å². The van der Waals surface area contributed by atoms with E-state index in [0.717, 1.165) is 30.8 Å². The zero-order valence-electron chi connectivity index (χ0n) is 15.9. The third-order valence-electron chi connectivity index (χ3n) is 6.28. The molecule has 2 aromatic carbocycles. The fourth-order valence-corrected chi connectivity index (χ4v) is 4.21. The zero-order chi connectivity index (χ0) is 19.6. The quantitative estimate of drug-likeness (QED) is 0.657. The summed E-state index contributed by atoms with van der Waals surface area (Å²) in [4.78, 5) is 0. The molecule has 0 spiro atoms. The number of halogens is 3. The van der Waals surface area contributed by atoms with Gasteiger partial charge >= 0.3 is 6.18 Å². The molecule has 0 unspecified atom stereocenters. The maximum atomic E-state index is 12.6. The van der Waals surface area contributed by atoms with Gasteiger partial charge in [0.1, 0.15) is 0 Å². The molecule has 2 atom stereocenters. The number of alkyl halides is 3. The number of hydrogen-bond acceptors (Lipinski definition) is 2. The third-order valence-corrected chi connectivity index (χ3v) is 6.28. The van der Waals surface area contributed by atoms with Crippen molar-refractivity contribution in [1.82, 2.24) is 10.6 Å². The van der Waals surface area contributed by atoms with Gasteiger partial charge in [0.05, 0.1) is 5.56 Å². The lowest BCUT2D eigenvalue weighted by atomic mass is 9.68. The normalized spacial score (nSPS) is 23.2. The van der Waals surface area contributed by atoms with Gasteiger partial charge in [0, 0.05) is 31.6 Å². The molecule has 0 aromatic heterocycles. The summed E-state index contributed by atoms with van der Waals surface area (Å²) in [6, 6.07) is 16.7. The Morgan fingerprint density at radius 1 is 0.929 bits per heavy atom. The van der Waals surface area contributed by atoms with Gasteiger partial charge in [0.15, 0.2) is 0 Å². The molecule has 2 saturated carbocycles. The second-order valence-electron chi connectivity index (χ2n) is 8.39. The fraction of sp³-hybridized carbons (Fsp3) is 0.478. The smallest absolute Gasteiger partial charge is 0.313 e. The lowest BCUT2D eigenvalue weighted by molar-refractivity contribution is -0.137. The van der Waals surface area contributed by atoms with Crippen molar-refractivity contribution in [3.63, 3.8) is 0 Å². The summed E-state index contributed by atoms with van der Waals surface area (Å²) in [6.45, 7) is 2.53. The Bertz CT molecular complexity index is 767. The zero-order valence-corrected chi connectivity index (χ0v) is 15.9. The molecule has 0 radical (unpaired) electrons. The summed E-state index contributed by atoms with van der Waals surface area (Å²) in [5.41, 5.74) is 2.01. The molecule has 0 saturated heterocycles. The molecule has 4 rings (SSSR count). The Morgan fingerprint density at radius 3 is 2.25 bits per heavy atom. The van der Waals surface area contributed by atoms with Crippen LogP contribution in [0.4, 0.5) is 13.2 Å². The van der Waals surface area contributed by atoms with E-state index in [4.69, 9.17) is 0 Å². The van der Waals surface area contributed by atoms with Gasteiger partial charge in [-0.3, -0.25) is 0 Å². The standard InChI is InChI=1S/C23H27F3N2/c24-23(25,26)19-9-7-17(8-10-19)14-27-15-22(11-4-12-22)16-28-21-13-20(21)18-5-2-1-3-6-18/h1-3,5-10,20-21,27-28H,4,11-16H2/t20-,21+/m1/s1. The minimum atomic E-state index is -4.27. The van der Waals surface area contributed by atoms with Crippen LogP contribution in [0.3, 0.4) is 0 Å². The highest BCUT2D eigenvalue weighted by molar-refractivity contribution is 5.28. The number of benzene rings is 2. The Kier molecular flexibility index (Phi) is 5.48. The van der Waals surface area contributed by atoms with Crippen LogP contribution in [0.2, 0.25) is 0 Å². The van der Waals surface area contributed by atoms with E-state index in [1.807, 2.05) is 0 Å². The lowest BCUT2D eigenvalue weighted by Crippen LogP contribution is -2.47. The first-order valence-corrected chi connectivity index (χ1v) is 10.1. The van der Waals surface area contributed by atoms with E-state index in [1.165, 1.54) is 31.2 Å². The number of hydrogen-bond donors (Lipinski definition) is 2. The van der Waals surface area contributed by atoms with Crippen molar-refractivity contribution in [3.8, 4) is 0 Å². The second kappa shape index (κ2) is 7.88.